The summed E-state index contributed by atoms with van der Waals surface area (Å²) in [6.07, 6.45) is -3.58. The van der Waals surface area contributed by atoms with Crippen LogP contribution in [0.4, 0.5) is 13.2 Å². The molecule has 1 aromatic rings. The SMILES string of the molecule is CCCOc1cc(C(F)(F)F)ccc1Br. The molecule has 0 saturated heterocycles. The quantitative estimate of drug-likeness (QED) is 0.805. The van der Waals surface area contributed by atoms with Gasteiger partial charge in [0.05, 0.1) is 16.6 Å². The zero-order chi connectivity index (χ0) is 11.5. The lowest BCUT2D eigenvalue weighted by atomic mass is 10.2. The summed E-state index contributed by atoms with van der Waals surface area (Å²) < 4.78 is 42.8. The fourth-order valence-corrected chi connectivity index (χ4v) is 1.36. The van der Waals surface area contributed by atoms with E-state index in [9.17, 15) is 13.2 Å². The molecule has 0 saturated carbocycles. The Morgan fingerprint density at radius 1 is 1.33 bits per heavy atom. The van der Waals surface area contributed by atoms with E-state index in [4.69, 9.17) is 4.74 Å². The standard InChI is InChI=1S/C10H10BrF3O/c1-2-5-15-9-6-7(10(12,13)14)3-4-8(9)11/h3-4,6H,2,5H2,1H3. The second-order valence-corrected chi connectivity index (χ2v) is 3.85. The molecule has 5 heteroatoms. The highest BCUT2D eigenvalue weighted by Gasteiger charge is 2.31. The van der Waals surface area contributed by atoms with Crippen LogP contribution in [0.2, 0.25) is 0 Å². The normalized spacial score (nSPS) is 11.5. The number of rotatable bonds is 3. The second kappa shape index (κ2) is 4.88. The van der Waals surface area contributed by atoms with Crippen LogP contribution in [-0.2, 0) is 6.18 Å². The third-order valence-corrected chi connectivity index (χ3v) is 2.38. The lowest BCUT2D eigenvalue weighted by Gasteiger charge is -2.11. The summed E-state index contributed by atoms with van der Waals surface area (Å²) in [6.45, 7) is 2.29. The fraction of sp³-hybridized carbons (Fsp3) is 0.400. The lowest BCUT2D eigenvalue weighted by Crippen LogP contribution is -2.05. The summed E-state index contributed by atoms with van der Waals surface area (Å²) in [5.41, 5.74) is -0.697. The number of halogens is 4. The average Bonchev–Trinajstić information content (AvgIpc) is 2.15. The van der Waals surface area contributed by atoms with Crippen LogP contribution in [0.1, 0.15) is 18.9 Å². The van der Waals surface area contributed by atoms with Gasteiger partial charge >= 0.3 is 6.18 Å². The first kappa shape index (κ1) is 12.4. The summed E-state index contributed by atoms with van der Waals surface area (Å²) >= 11 is 3.14. The molecule has 15 heavy (non-hydrogen) atoms. The van der Waals surface area contributed by atoms with Gasteiger partial charge in [-0.2, -0.15) is 13.2 Å². The van der Waals surface area contributed by atoms with Gasteiger partial charge in [-0.25, -0.2) is 0 Å². The lowest BCUT2D eigenvalue weighted by molar-refractivity contribution is -0.137. The zero-order valence-electron chi connectivity index (χ0n) is 8.07. The molecule has 1 aromatic carbocycles. The average molecular weight is 283 g/mol. The Morgan fingerprint density at radius 2 is 2.00 bits per heavy atom. The molecule has 0 amide bonds. The van der Waals surface area contributed by atoms with E-state index in [-0.39, 0.29) is 5.75 Å². The molecule has 1 rings (SSSR count). The molecule has 0 unspecified atom stereocenters. The monoisotopic (exact) mass is 282 g/mol. The highest BCUT2D eigenvalue weighted by molar-refractivity contribution is 9.10. The van der Waals surface area contributed by atoms with E-state index in [0.717, 1.165) is 18.6 Å². The largest absolute Gasteiger partial charge is 0.492 e. The molecular weight excluding hydrogens is 273 g/mol. The Balaban J connectivity index is 2.95. The Bertz CT molecular complexity index is 336. The van der Waals surface area contributed by atoms with Gasteiger partial charge in [0.1, 0.15) is 5.75 Å². The van der Waals surface area contributed by atoms with Crippen molar-refractivity contribution < 1.29 is 17.9 Å². The summed E-state index contributed by atoms with van der Waals surface area (Å²) in [6, 6.07) is 3.36. The maximum Gasteiger partial charge on any atom is 0.416 e. The van der Waals surface area contributed by atoms with Crippen molar-refractivity contribution in [2.75, 3.05) is 6.61 Å². The molecule has 0 aliphatic heterocycles. The summed E-state index contributed by atoms with van der Waals surface area (Å²) in [5, 5.41) is 0. The minimum absolute atomic E-state index is 0.228. The van der Waals surface area contributed by atoms with Gasteiger partial charge in [0.15, 0.2) is 0 Å². The van der Waals surface area contributed by atoms with E-state index in [1.165, 1.54) is 6.07 Å². The molecule has 0 N–H and O–H groups in total. The van der Waals surface area contributed by atoms with Gasteiger partial charge in [-0.15, -0.1) is 0 Å². The maximum absolute atomic E-state index is 12.4. The first-order chi connectivity index (χ1) is 6.95. The van der Waals surface area contributed by atoms with Crippen molar-refractivity contribution in [3.8, 4) is 5.75 Å². The van der Waals surface area contributed by atoms with E-state index in [0.29, 0.717) is 11.1 Å². The third-order valence-electron chi connectivity index (χ3n) is 1.72. The summed E-state index contributed by atoms with van der Waals surface area (Å²) in [7, 11) is 0. The van der Waals surface area contributed by atoms with Crippen molar-refractivity contribution in [1.29, 1.82) is 0 Å². The maximum atomic E-state index is 12.4. The Labute approximate surface area is 94.4 Å². The predicted molar refractivity (Wildman–Crippen MR) is 54.9 cm³/mol. The molecule has 1 nitrogen and oxygen atoms in total. The van der Waals surface area contributed by atoms with Crippen molar-refractivity contribution >= 4 is 15.9 Å². The molecule has 0 fully saturated rings. The first-order valence-electron chi connectivity index (χ1n) is 4.44. The zero-order valence-corrected chi connectivity index (χ0v) is 9.65. The third kappa shape index (κ3) is 3.41. The molecule has 0 atom stereocenters. The smallest absolute Gasteiger partial charge is 0.416 e. The van der Waals surface area contributed by atoms with Crippen LogP contribution in [0.3, 0.4) is 0 Å². The first-order valence-corrected chi connectivity index (χ1v) is 5.24. The molecule has 0 aliphatic rings. The molecule has 0 aliphatic carbocycles. The van der Waals surface area contributed by atoms with Gasteiger partial charge < -0.3 is 4.74 Å². The molecule has 0 radical (unpaired) electrons. The number of hydrogen-bond acceptors (Lipinski definition) is 1. The van der Waals surface area contributed by atoms with Crippen molar-refractivity contribution in [2.45, 2.75) is 19.5 Å². The summed E-state index contributed by atoms with van der Waals surface area (Å²) in [4.78, 5) is 0. The van der Waals surface area contributed by atoms with Gasteiger partial charge in [0.25, 0.3) is 0 Å². The van der Waals surface area contributed by atoms with Crippen molar-refractivity contribution in [3.05, 3.63) is 28.2 Å². The van der Waals surface area contributed by atoms with E-state index in [1.54, 1.807) is 0 Å². The molecule has 0 heterocycles. The van der Waals surface area contributed by atoms with Crippen LogP contribution in [0, 0.1) is 0 Å². The topological polar surface area (TPSA) is 9.23 Å². The number of hydrogen-bond donors (Lipinski definition) is 0. The van der Waals surface area contributed by atoms with Gasteiger partial charge in [-0.1, -0.05) is 6.92 Å². The van der Waals surface area contributed by atoms with Crippen LogP contribution in [-0.4, -0.2) is 6.61 Å². The minimum atomic E-state index is -4.33. The highest BCUT2D eigenvalue weighted by Crippen LogP contribution is 2.35. The van der Waals surface area contributed by atoms with E-state index >= 15 is 0 Å². The van der Waals surface area contributed by atoms with Gasteiger partial charge in [-0.05, 0) is 40.5 Å². The Kier molecular flexibility index (Phi) is 4.02. The van der Waals surface area contributed by atoms with Crippen molar-refractivity contribution in [2.24, 2.45) is 0 Å². The van der Waals surface area contributed by atoms with Crippen LogP contribution >= 0.6 is 15.9 Å². The van der Waals surface area contributed by atoms with Gasteiger partial charge in [0.2, 0.25) is 0 Å². The molecule has 84 valence electrons. The number of benzene rings is 1. The van der Waals surface area contributed by atoms with Gasteiger partial charge in [0, 0.05) is 0 Å². The van der Waals surface area contributed by atoms with Crippen LogP contribution in [0.15, 0.2) is 22.7 Å². The van der Waals surface area contributed by atoms with Crippen LogP contribution < -0.4 is 4.74 Å². The second-order valence-electron chi connectivity index (χ2n) is 2.99. The minimum Gasteiger partial charge on any atom is -0.492 e. The molecule has 0 aromatic heterocycles. The van der Waals surface area contributed by atoms with Crippen molar-refractivity contribution in [1.82, 2.24) is 0 Å². The molecule has 0 spiro atoms. The highest BCUT2D eigenvalue weighted by atomic mass is 79.9. The van der Waals surface area contributed by atoms with Crippen LogP contribution in [0.25, 0.3) is 0 Å². The van der Waals surface area contributed by atoms with Crippen LogP contribution in [0.5, 0.6) is 5.75 Å². The van der Waals surface area contributed by atoms with E-state index in [2.05, 4.69) is 15.9 Å². The predicted octanol–water partition coefficient (Wildman–Crippen LogP) is 4.26. The molecular formula is C10H10BrF3O. The Morgan fingerprint density at radius 3 is 2.53 bits per heavy atom. The van der Waals surface area contributed by atoms with Gasteiger partial charge in [-0.3, -0.25) is 0 Å². The Hall–Kier alpha value is -0.710. The van der Waals surface area contributed by atoms with Crippen molar-refractivity contribution in [3.63, 3.8) is 0 Å². The van der Waals surface area contributed by atoms with E-state index in [1.807, 2.05) is 6.92 Å². The van der Waals surface area contributed by atoms with E-state index < -0.39 is 11.7 Å². The molecule has 0 bridgehead atoms. The summed E-state index contributed by atoms with van der Waals surface area (Å²) in [5.74, 6) is 0.228. The number of ether oxygens (including phenoxy) is 1. The fourth-order valence-electron chi connectivity index (χ4n) is 1.00. The number of alkyl halides is 3.